The smallest absolute Gasteiger partial charge is 0.257 e. The third-order valence-corrected chi connectivity index (χ3v) is 4.13. The molecule has 0 aliphatic carbocycles. The lowest BCUT2D eigenvalue weighted by atomic mass is 10.1. The largest absolute Gasteiger partial charge is 0.376 e. The minimum Gasteiger partial charge on any atom is -0.376 e. The second kappa shape index (κ2) is 8.58. The maximum atomic E-state index is 13.1. The van der Waals surface area contributed by atoms with Crippen molar-refractivity contribution in [2.75, 3.05) is 18.5 Å². The SMILES string of the molecule is Cc1ccc(C(=O)NC(=NC[C@@H]2CCCO2)Nc2ccc(F)cc2)cc1. The molecule has 1 saturated heterocycles. The standard InChI is InChI=1S/C20H22FN3O2/c1-14-4-6-15(7-5-14)19(25)24-20(22-13-18-3-2-12-26-18)23-17-10-8-16(21)9-11-17/h4-11,18H,2-3,12-13H2,1H3,(H2,22,23,24,25)/t18-/m0/s1. The predicted molar refractivity (Wildman–Crippen MR) is 99.9 cm³/mol. The van der Waals surface area contributed by atoms with E-state index >= 15 is 0 Å². The molecule has 136 valence electrons. The third-order valence-electron chi connectivity index (χ3n) is 4.13. The number of nitrogens with one attached hydrogen (secondary N) is 2. The van der Waals surface area contributed by atoms with Crippen molar-refractivity contribution in [1.29, 1.82) is 0 Å². The zero-order valence-corrected chi connectivity index (χ0v) is 14.7. The van der Waals surface area contributed by atoms with Gasteiger partial charge in [-0.25, -0.2) is 9.38 Å². The lowest BCUT2D eigenvalue weighted by molar-refractivity contribution is 0.0975. The maximum Gasteiger partial charge on any atom is 0.257 e. The molecule has 1 heterocycles. The molecule has 6 heteroatoms. The monoisotopic (exact) mass is 355 g/mol. The number of amides is 1. The number of halogens is 1. The van der Waals surface area contributed by atoms with Gasteiger partial charge in [0.1, 0.15) is 5.82 Å². The summed E-state index contributed by atoms with van der Waals surface area (Å²) in [7, 11) is 0. The van der Waals surface area contributed by atoms with Gasteiger partial charge in [0.25, 0.3) is 5.91 Å². The second-order valence-electron chi connectivity index (χ2n) is 6.28. The Bertz CT molecular complexity index is 767. The Morgan fingerprint density at radius 2 is 1.92 bits per heavy atom. The lowest BCUT2D eigenvalue weighted by Gasteiger charge is -2.13. The van der Waals surface area contributed by atoms with E-state index in [9.17, 15) is 9.18 Å². The van der Waals surface area contributed by atoms with E-state index in [1.165, 1.54) is 12.1 Å². The molecule has 3 rings (SSSR count). The van der Waals surface area contributed by atoms with Crippen molar-refractivity contribution in [1.82, 2.24) is 5.32 Å². The number of anilines is 1. The summed E-state index contributed by atoms with van der Waals surface area (Å²) in [6, 6.07) is 13.2. The molecular formula is C20H22FN3O2. The molecule has 0 saturated carbocycles. The van der Waals surface area contributed by atoms with Gasteiger partial charge in [-0.05, 0) is 56.2 Å². The summed E-state index contributed by atoms with van der Waals surface area (Å²) in [5.74, 6) is -0.263. The Labute approximate surface area is 152 Å². The van der Waals surface area contributed by atoms with E-state index < -0.39 is 0 Å². The highest BCUT2D eigenvalue weighted by Crippen LogP contribution is 2.13. The molecule has 2 aromatic rings. The number of benzene rings is 2. The molecule has 0 aromatic heterocycles. The van der Waals surface area contributed by atoms with E-state index in [0.29, 0.717) is 23.8 Å². The quantitative estimate of drug-likeness (QED) is 0.652. The van der Waals surface area contributed by atoms with Gasteiger partial charge < -0.3 is 10.1 Å². The highest BCUT2D eigenvalue weighted by molar-refractivity contribution is 6.09. The van der Waals surface area contributed by atoms with Crippen LogP contribution in [0.5, 0.6) is 0 Å². The summed E-state index contributed by atoms with van der Waals surface area (Å²) in [5.41, 5.74) is 2.27. The van der Waals surface area contributed by atoms with Crippen LogP contribution in [0, 0.1) is 12.7 Å². The van der Waals surface area contributed by atoms with Crippen LogP contribution in [-0.2, 0) is 4.74 Å². The summed E-state index contributed by atoms with van der Waals surface area (Å²) < 4.78 is 18.7. The van der Waals surface area contributed by atoms with Crippen LogP contribution in [0.2, 0.25) is 0 Å². The summed E-state index contributed by atoms with van der Waals surface area (Å²) in [6.07, 6.45) is 2.05. The minimum absolute atomic E-state index is 0.0660. The molecule has 1 aliphatic rings. The number of carbonyl (C=O) groups excluding carboxylic acids is 1. The number of ether oxygens (including phenoxy) is 1. The van der Waals surface area contributed by atoms with Crippen molar-refractivity contribution in [3.8, 4) is 0 Å². The summed E-state index contributed by atoms with van der Waals surface area (Å²) in [5, 5.41) is 5.83. The van der Waals surface area contributed by atoms with E-state index in [1.807, 2.05) is 19.1 Å². The minimum atomic E-state index is -0.322. The van der Waals surface area contributed by atoms with Crippen molar-refractivity contribution in [2.24, 2.45) is 4.99 Å². The van der Waals surface area contributed by atoms with Crippen molar-refractivity contribution in [2.45, 2.75) is 25.9 Å². The summed E-state index contributed by atoms with van der Waals surface area (Å²) in [6.45, 7) is 3.17. The normalized spacial score (nSPS) is 17.2. The van der Waals surface area contributed by atoms with Gasteiger partial charge in [0, 0.05) is 17.9 Å². The number of nitrogens with zero attached hydrogens (tertiary/aromatic N) is 1. The molecule has 2 N–H and O–H groups in total. The molecule has 2 aromatic carbocycles. The van der Waals surface area contributed by atoms with Crippen molar-refractivity contribution in [3.05, 3.63) is 65.5 Å². The van der Waals surface area contributed by atoms with Gasteiger partial charge in [0.2, 0.25) is 5.96 Å². The fourth-order valence-electron chi connectivity index (χ4n) is 2.65. The van der Waals surface area contributed by atoms with Crippen LogP contribution in [0.25, 0.3) is 0 Å². The van der Waals surface area contributed by atoms with Gasteiger partial charge in [0.15, 0.2) is 0 Å². The number of hydrogen-bond donors (Lipinski definition) is 2. The Balaban J connectivity index is 1.72. The summed E-state index contributed by atoms with van der Waals surface area (Å²) in [4.78, 5) is 16.9. The van der Waals surface area contributed by atoms with Crippen molar-refractivity contribution >= 4 is 17.6 Å². The molecular weight excluding hydrogens is 333 g/mol. The van der Waals surface area contributed by atoms with E-state index in [4.69, 9.17) is 4.74 Å². The maximum absolute atomic E-state index is 13.1. The van der Waals surface area contributed by atoms with Gasteiger partial charge in [-0.15, -0.1) is 0 Å². The Morgan fingerprint density at radius 1 is 1.19 bits per heavy atom. The average molecular weight is 355 g/mol. The molecule has 1 aliphatic heterocycles. The van der Waals surface area contributed by atoms with Gasteiger partial charge in [0.05, 0.1) is 12.6 Å². The van der Waals surface area contributed by atoms with Gasteiger partial charge in [-0.1, -0.05) is 17.7 Å². The third kappa shape index (κ3) is 5.13. The molecule has 26 heavy (non-hydrogen) atoms. The highest BCUT2D eigenvalue weighted by atomic mass is 19.1. The van der Waals surface area contributed by atoms with E-state index in [-0.39, 0.29) is 17.8 Å². The number of hydrogen-bond acceptors (Lipinski definition) is 3. The first-order chi connectivity index (χ1) is 12.6. The van der Waals surface area contributed by atoms with Crippen molar-refractivity contribution < 1.29 is 13.9 Å². The average Bonchev–Trinajstić information content (AvgIpc) is 3.15. The first-order valence-corrected chi connectivity index (χ1v) is 8.67. The number of aryl methyl sites for hydroxylation is 1. The topological polar surface area (TPSA) is 62.7 Å². The molecule has 1 atom stereocenters. The van der Waals surface area contributed by atoms with Crippen LogP contribution in [-0.4, -0.2) is 31.1 Å². The fourth-order valence-corrected chi connectivity index (χ4v) is 2.65. The van der Waals surface area contributed by atoms with E-state index in [0.717, 1.165) is 25.0 Å². The first kappa shape index (κ1) is 18.1. The van der Waals surface area contributed by atoms with Crippen molar-refractivity contribution in [3.63, 3.8) is 0 Å². The molecule has 0 radical (unpaired) electrons. The zero-order valence-electron chi connectivity index (χ0n) is 14.7. The van der Waals surface area contributed by atoms with Crippen LogP contribution in [0.3, 0.4) is 0 Å². The highest BCUT2D eigenvalue weighted by Gasteiger charge is 2.16. The van der Waals surface area contributed by atoms with Gasteiger partial charge in [-0.2, -0.15) is 0 Å². The Hall–Kier alpha value is -2.73. The fraction of sp³-hybridized carbons (Fsp3) is 0.300. The van der Waals surface area contributed by atoms with Crippen LogP contribution >= 0.6 is 0 Å². The molecule has 0 spiro atoms. The Kier molecular flexibility index (Phi) is 5.96. The lowest BCUT2D eigenvalue weighted by Crippen LogP contribution is -2.36. The number of carbonyl (C=O) groups is 1. The van der Waals surface area contributed by atoms with Crippen LogP contribution in [0.15, 0.2) is 53.5 Å². The molecule has 0 bridgehead atoms. The van der Waals surface area contributed by atoms with E-state index in [1.54, 1.807) is 24.3 Å². The molecule has 5 nitrogen and oxygen atoms in total. The van der Waals surface area contributed by atoms with Crippen LogP contribution in [0.1, 0.15) is 28.8 Å². The molecule has 0 unspecified atom stereocenters. The zero-order chi connectivity index (χ0) is 18.4. The number of aliphatic imine (C=N–C) groups is 1. The van der Waals surface area contributed by atoms with E-state index in [2.05, 4.69) is 15.6 Å². The number of rotatable bonds is 4. The van der Waals surface area contributed by atoms with Crippen LogP contribution < -0.4 is 10.6 Å². The second-order valence-corrected chi connectivity index (χ2v) is 6.28. The first-order valence-electron chi connectivity index (χ1n) is 8.67. The molecule has 1 amide bonds. The van der Waals surface area contributed by atoms with Gasteiger partial charge in [-0.3, -0.25) is 10.1 Å². The summed E-state index contributed by atoms with van der Waals surface area (Å²) >= 11 is 0. The number of guanidine groups is 1. The molecule has 1 fully saturated rings. The van der Waals surface area contributed by atoms with Gasteiger partial charge >= 0.3 is 0 Å². The predicted octanol–water partition coefficient (Wildman–Crippen LogP) is 3.51. The Morgan fingerprint density at radius 3 is 2.58 bits per heavy atom. The van der Waals surface area contributed by atoms with Crippen LogP contribution in [0.4, 0.5) is 10.1 Å².